The lowest BCUT2D eigenvalue weighted by molar-refractivity contribution is -0.546. The molecule has 5 unspecified atom stereocenters. The maximum atomic E-state index is 11.9. The molecule has 24 heavy (non-hydrogen) atoms. The molecule has 0 amide bonds. The molecule has 1 aromatic carbocycles. The van der Waals surface area contributed by atoms with Gasteiger partial charge in [-0.3, -0.25) is 14.9 Å². The molecule has 3 rings (SSSR count). The number of nitrogens with zero attached hydrogens (tertiary/aromatic N) is 1. The highest BCUT2D eigenvalue weighted by Crippen LogP contribution is 2.50. The van der Waals surface area contributed by atoms with Gasteiger partial charge in [-0.1, -0.05) is 30.3 Å². The van der Waals surface area contributed by atoms with E-state index in [0.717, 1.165) is 11.8 Å². The summed E-state index contributed by atoms with van der Waals surface area (Å²) in [4.78, 5) is 35.2. The summed E-state index contributed by atoms with van der Waals surface area (Å²) in [5, 5.41) is 11.9. The van der Waals surface area contributed by atoms with Crippen molar-refractivity contribution in [1.82, 2.24) is 0 Å². The number of benzene rings is 1. The Balaban J connectivity index is 2.14. The minimum absolute atomic E-state index is 0.0604. The van der Waals surface area contributed by atoms with Gasteiger partial charge in [0.2, 0.25) is 6.04 Å². The number of hydrogen-bond acceptors (Lipinski definition) is 5. The van der Waals surface area contributed by atoms with Crippen LogP contribution in [0.4, 0.5) is 0 Å². The van der Waals surface area contributed by atoms with Crippen LogP contribution >= 0.6 is 0 Å². The van der Waals surface area contributed by atoms with E-state index < -0.39 is 29.4 Å². The van der Waals surface area contributed by atoms with Crippen LogP contribution in [0.1, 0.15) is 24.3 Å². The highest BCUT2D eigenvalue weighted by Gasteiger charge is 2.59. The highest BCUT2D eigenvalue weighted by atomic mass is 16.6. The predicted molar refractivity (Wildman–Crippen MR) is 86.1 cm³/mol. The Bertz CT molecular complexity index is 686. The van der Waals surface area contributed by atoms with Crippen molar-refractivity contribution in [3.63, 3.8) is 0 Å². The highest BCUT2D eigenvalue weighted by molar-refractivity contribution is 5.91. The number of allylic oxidation sites excluding steroid dienone is 1. The molecule has 6 nitrogen and oxygen atoms in total. The number of hydrogen-bond donors (Lipinski definition) is 0. The van der Waals surface area contributed by atoms with E-state index in [1.807, 2.05) is 6.07 Å². The van der Waals surface area contributed by atoms with E-state index in [9.17, 15) is 19.7 Å². The molecule has 0 aromatic heterocycles. The fourth-order valence-electron chi connectivity index (χ4n) is 4.28. The lowest BCUT2D eigenvalue weighted by Crippen LogP contribution is -2.58. The Morgan fingerprint density at radius 1 is 1.33 bits per heavy atom. The van der Waals surface area contributed by atoms with E-state index >= 15 is 0 Å². The molecule has 0 heterocycles. The first-order valence-corrected chi connectivity index (χ1v) is 7.93. The van der Waals surface area contributed by atoms with Crippen LogP contribution < -0.4 is 0 Å². The number of carbonyl (C=O) groups is 2. The van der Waals surface area contributed by atoms with Crippen molar-refractivity contribution in [1.29, 1.82) is 0 Å². The fraction of sp³-hybridized carbons (Fsp3) is 0.444. The number of methoxy groups -OCH3 is 1. The summed E-state index contributed by atoms with van der Waals surface area (Å²) in [5.74, 6) is -1.84. The summed E-state index contributed by atoms with van der Waals surface area (Å²) >= 11 is 0. The Morgan fingerprint density at radius 2 is 2.04 bits per heavy atom. The van der Waals surface area contributed by atoms with Gasteiger partial charge in [-0.05, 0) is 24.1 Å². The molecule has 1 saturated carbocycles. The van der Waals surface area contributed by atoms with Crippen molar-refractivity contribution in [3.05, 3.63) is 58.2 Å². The summed E-state index contributed by atoms with van der Waals surface area (Å²) in [5.41, 5.74) is -0.189. The number of rotatable bonds is 4. The minimum atomic E-state index is -1.05. The Morgan fingerprint density at radius 3 is 2.62 bits per heavy atom. The molecule has 5 atom stereocenters. The molecule has 1 fully saturated rings. The van der Waals surface area contributed by atoms with Crippen LogP contribution in [-0.2, 0) is 14.3 Å². The summed E-state index contributed by atoms with van der Waals surface area (Å²) in [6, 6.07) is 7.99. The van der Waals surface area contributed by atoms with Gasteiger partial charge in [0.1, 0.15) is 6.29 Å². The van der Waals surface area contributed by atoms with Crippen LogP contribution in [0.2, 0.25) is 0 Å². The van der Waals surface area contributed by atoms with Crippen molar-refractivity contribution >= 4 is 12.1 Å². The van der Waals surface area contributed by atoms with Gasteiger partial charge in [-0.2, -0.15) is 0 Å². The van der Waals surface area contributed by atoms with Gasteiger partial charge in [0.15, 0.2) is 5.78 Å². The third-order valence-electron chi connectivity index (χ3n) is 5.38. The zero-order valence-corrected chi connectivity index (χ0v) is 13.3. The van der Waals surface area contributed by atoms with Gasteiger partial charge >= 0.3 is 0 Å². The number of ketones is 1. The molecule has 0 N–H and O–H groups in total. The molecule has 0 bridgehead atoms. The number of carbonyl (C=O) groups excluding carboxylic acids is 2. The molecule has 1 aromatic rings. The Labute approximate surface area is 139 Å². The van der Waals surface area contributed by atoms with E-state index in [4.69, 9.17) is 4.74 Å². The summed E-state index contributed by atoms with van der Waals surface area (Å²) in [7, 11) is 1.48. The Hall–Kier alpha value is -2.34. The average Bonchev–Trinajstić information content (AvgIpc) is 2.60. The maximum absolute atomic E-state index is 11.9. The van der Waals surface area contributed by atoms with E-state index in [2.05, 4.69) is 0 Å². The minimum Gasteiger partial charge on any atom is -0.374 e. The van der Waals surface area contributed by atoms with Crippen LogP contribution in [0.5, 0.6) is 0 Å². The normalized spacial score (nSPS) is 35.3. The first-order valence-electron chi connectivity index (χ1n) is 7.93. The van der Waals surface area contributed by atoms with E-state index in [0.29, 0.717) is 6.42 Å². The van der Waals surface area contributed by atoms with E-state index in [-0.39, 0.29) is 17.1 Å². The number of nitro groups is 1. The topological polar surface area (TPSA) is 86.5 Å². The smallest absolute Gasteiger partial charge is 0.226 e. The molecule has 126 valence electrons. The molecule has 0 saturated heterocycles. The van der Waals surface area contributed by atoms with Crippen molar-refractivity contribution < 1.29 is 19.2 Å². The maximum Gasteiger partial charge on any atom is 0.226 e. The standard InChI is InChI=1S/C18H19NO5/c1-24-18-8-7-14(21)9-15(18)17(19(22)23)16(13(10-18)11-20)12-5-3-2-4-6-12/h2-8,11,13,15-17H,9-10H2,1H3. The van der Waals surface area contributed by atoms with Gasteiger partial charge in [-0.15, -0.1) is 0 Å². The lowest BCUT2D eigenvalue weighted by Gasteiger charge is -2.48. The second kappa shape index (κ2) is 6.28. The molecule has 6 heteroatoms. The molecule has 0 spiro atoms. The van der Waals surface area contributed by atoms with Crippen LogP contribution in [-0.4, -0.2) is 35.7 Å². The van der Waals surface area contributed by atoms with E-state index in [1.165, 1.54) is 13.2 Å². The first kappa shape index (κ1) is 16.5. The number of aldehydes is 1. The molecule has 2 aliphatic carbocycles. The molecular formula is C18H19NO5. The SMILES string of the molecule is COC12C=CC(=O)CC1C([N+](=O)[O-])C(c1ccccc1)C(C=O)C2. The van der Waals surface area contributed by atoms with Gasteiger partial charge in [0, 0.05) is 24.4 Å². The van der Waals surface area contributed by atoms with Crippen molar-refractivity contribution in [3.8, 4) is 0 Å². The zero-order valence-electron chi connectivity index (χ0n) is 13.3. The molecule has 0 aliphatic heterocycles. The third-order valence-corrected chi connectivity index (χ3v) is 5.38. The summed E-state index contributed by atoms with van der Waals surface area (Å²) in [6.45, 7) is 0. The quantitative estimate of drug-likeness (QED) is 0.480. The van der Waals surface area contributed by atoms with Gasteiger partial charge in [0.25, 0.3) is 0 Å². The molecule has 2 aliphatic rings. The van der Waals surface area contributed by atoms with Crippen molar-refractivity contribution in [2.75, 3.05) is 7.11 Å². The summed E-state index contributed by atoms with van der Waals surface area (Å²) < 4.78 is 5.63. The van der Waals surface area contributed by atoms with Gasteiger partial charge in [-0.25, -0.2) is 0 Å². The fourth-order valence-corrected chi connectivity index (χ4v) is 4.28. The second-order valence-corrected chi connectivity index (χ2v) is 6.49. The molecule has 0 radical (unpaired) electrons. The van der Waals surface area contributed by atoms with Crippen LogP contribution in [0.25, 0.3) is 0 Å². The Kier molecular flexibility index (Phi) is 4.32. The van der Waals surface area contributed by atoms with Crippen LogP contribution in [0.3, 0.4) is 0 Å². The number of ether oxygens (including phenoxy) is 1. The largest absolute Gasteiger partial charge is 0.374 e. The van der Waals surface area contributed by atoms with Gasteiger partial charge < -0.3 is 9.53 Å². The average molecular weight is 329 g/mol. The first-order chi connectivity index (χ1) is 11.5. The van der Waals surface area contributed by atoms with Crippen molar-refractivity contribution in [2.45, 2.75) is 30.4 Å². The predicted octanol–water partition coefficient (Wildman–Crippen LogP) is 2.16. The van der Waals surface area contributed by atoms with Crippen molar-refractivity contribution in [2.24, 2.45) is 11.8 Å². The van der Waals surface area contributed by atoms with Gasteiger partial charge in [0.05, 0.1) is 17.4 Å². The summed E-state index contributed by atoms with van der Waals surface area (Å²) in [6.07, 6.45) is 4.21. The van der Waals surface area contributed by atoms with E-state index in [1.54, 1.807) is 30.3 Å². The third kappa shape index (κ3) is 2.57. The molecular weight excluding hydrogens is 310 g/mol. The number of fused-ring (bicyclic) bond motifs is 1. The monoisotopic (exact) mass is 329 g/mol. The second-order valence-electron chi connectivity index (χ2n) is 6.49. The van der Waals surface area contributed by atoms with Crippen LogP contribution in [0, 0.1) is 22.0 Å². The van der Waals surface area contributed by atoms with Crippen LogP contribution in [0.15, 0.2) is 42.5 Å². The lowest BCUT2D eigenvalue weighted by atomic mass is 9.58. The zero-order chi connectivity index (χ0) is 17.3.